The van der Waals surface area contributed by atoms with Crippen molar-refractivity contribution >= 4 is 12.4 Å². The van der Waals surface area contributed by atoms with E-state index in [9.17, 15) is 5.11 Å². The van der Waals surface area contributed by atoms with Crippen LogP contribution in [-0.4, -0.2) is 44.4 Å². The molecule has 0 bridgehead atoms. The second-order valence-corrected chi connectivity index (χ2v) is 5.98. The van der Waals surface area contributed by atoms with Crippen LogP contribution in [0.4, 0.5) is 0 Å². The van der Waals surface area contributed by atoms with Gasteiger partial charge in [0, 0.05) is 18.7 Å². The molecule has 5 heteroatoms. The first-order chi connectivity index (χ1) is 11.1. The molecule has 2 aromatic carbocycles. The predicted octanol–water partition coefficient (Wildman–Crippen LogP) is 3.53. The third kappa shape index (κ3) is 3.45. The first-order valence-electron chi connectivity index (χ1n) is 7.88. The van der Waals surface area contributed by atoms with Crippen LogP contribution >= 0.6 is 12.4 Å². The number of hydrogen-bond acceptors (Lipinski definition) is 4. The second-order valence-electron chi connectivity index (χ2n) is 5.98. The van der Waals surface area contributed by atoms with E-state index in [0.29, 0.717) is 5.75 Å². The Balaban J connectivity index is 0.00000208. The van der Waals surface area contributed by atoms with Crippen molar-refractivity contribution in [1.29, 1.82) is 0 Å². The fourth-order valence-corrected chi connectivity index (χ4v) is 3.16. The van der Waals surface area contributed by atoms with Gasteiger partial charge in [0.2, 0.25) is 0 Å². The average Bonchev–Trinajstić information content (AvgIpc) is 2.64. The minimum absolute atomic E-state index is 0. The van der Waals surface area contributed by atoms with E-state index in [0.717, 1.165) is 48.4 Å². The molecular formula is C19H24ClNO3. The van der Waals surface area contributed by atoms with Gasteiger partial charge in [-0.25, -0.2) is 0 Å². The molecule has 1 N–H and O–H groups in total. The lowest BCUT2D eigenvalue weighted by atomic mass is 9.92. The van der Waals surface area contributed by atoms with Crippen LogP contribution in [0.25, 0.3) is 11.1 Å². The van der Waals surface area contributed by atoms with Crippen molar-refractivity contribution in [3.8, 4) is 28.4 Å². The fraction of sp³-hybridized carbons (Fsp3) is 0.368. The lowest BCUT2D eigenvalue weighted by molar-refractivity contribution is 0.343. The summed E-state index contributed by atoms with van der Waals surface area (Å²) in [7, 11) is 5.38. The molecule has 0 aliphatic carbocycles. The van der Waals surface area contributed by atoms with E-state index < -0.39 is 0 Å². The van der Waals surface area contributed by atoms with Crippen molar-refractivity contribution in [3.63, 3.8) is 0 Å². The summed E-state index contributed by atoms with van der Waals surface area (Å²) in [5.41, 5.74) is 4.25. The van der Waals surface area contributed by atoms with Crippen LogP contribution in [0.15, 0.2) is 30.3 Å². The lowest BCUT2D eigenvalue weighted by Crippen LogP contribution is -2.23. The molecule has 0 fully saturated rings. The van der Waals surface area contributed by atoms with Crippen molar-refractivity contribution in [2.24, 2.45) is 0 Å². The Labute approximate surface area is 149 Å². The molecule has 0 radical (unpaired) electrons. The minimum Gasteiger partial charge on any atom is -0.504 e. The number of phenolic OH excluding ortho intramolecular Hbond substituents is 1. The maximum absolute atomic E-state index is 10.7. The Hall–Kier alpha value is -1.91. The zero-order chi connectivity index (χ0) is 16.4. The van der Waals surface area contributed by atoms with Crippen LogP contribution in [0, 0.1) is 0 Å². The van der Waals surface area contributed by atoms with Crippen LogP contribution in [0.5, 0.6) is 17.2 Å². The molecule has 1 aliphatic rings. The largest absolute Gasteiger partial charge is 0.504 e. The predicted molar refractivity (Wildman–Crippen MR) is 98.8 cm³/mol. The monoisotopic (exact) mass is 349 g/mol. The minimum atomic E-state index is 0. The number of likely N-dealkylation sites (N-methyl/N-ethyl adjacent to an activating group) is 1. The van der Waals surface area contributed by atoms with Crippen LogP contribution < -0.4 is 9.47 Å². The van der Waals surface area contributed by atoms with Crippen molar-refractivity contribution in [3.05, 3.63) is 41.5 Å². The Morgan fingerprint density at radius 1 is 0.958 bits per heavy atom. The van der Waals surface area contributed by atoms with Gasteiger partial charge in [0.1, 0.15) is 5.75 Å². The lowest BCUT2D eigenvalue weighted by Gasteiger charge is -2.17. The molecule has 2 aromatic rings. The van der Waals surface area contributed by atoms with Gasteiger partial charge in [-0.05, 0) is 54.8 Å². The number of fused-ring (bicyclic) bond motifs is 3. The summed E-state index contributed by atoms with van der Waals surface area (Å²) in [4.78, 5) is 2.32. The summed E-state index contributed by atoms with van der Waals surface area (Å²) in [5.74, 6) is 1.51. The molecule has 0 saturated heterocycles. The van der Waals surface area contributed by atoms with Crippen LogP contribution in [0.2, 0.25) is 0 Å². The maximum Gasteiger partial charge on any atom is 0.165 e. The normalized spacial score (nSPS) is 14.3. The summed E-state index contributed by atoms with van der Waals surface area (Å²) in [6.45, 7) is 1.95. The van der Waals surface area contributed by atoms with Gasteiger partial charge in [-0.1, -0.05) is 12.1 Å². The summed E-state index contributed by atoms with van der Waals surface area (Å²) < 4.78 is 10.7. The molecule has 0 saturated carbocycles. The summed E-state index contributed by atoms with van der Waals surface area (Å²) in [6, 6.07) is 9.98. The highest BCUT2D eigenvalue weighted by Gasteiger charge is 2.20. The van der Waals surface area contributed by atoms with Crippen LogP contribution in [0.3, 0.4) is 0 Å². The third-order valence-corrected chi connectivity index (χ3v) is 4.56. The van der Waals surface area contributed by atoms with Gasteiger partial charge in [-0.15, -0.1) is 12.4 Å². The van der Waals surface area contributed by atoms with Crippen molar-refractivity contribution in [1.82, 2.24) is 4.90 Å². The molecule has 24 heavy (non-hydrogen) atoms. The van der Waals surface area contributed by atoms with Gasteiger partial charge in [0.25, 0.3) is 0 Å². The first-order valence-corrected chi connectivity index (χ1v) is 7.88. The Morgan fingerprint density at radius 2 is 1.62 bits per heavy atom. The number of aromatic hydroxyl groups is 1. The third-order valence-electron chi connectivity index (χ3n) is 4.56. The van der Waals surface area contributed by atoms with Crippen LogP contribution in [-0.2, 0) is 12.8 Å². The second kappa shape index (κ2) is 7.77. The number of nitrogens with zero attached hydrogens (tertiary/aromatic N) is 1. The van der Waals surface area contributed by atoms with E-state index in [1.807, 2.05) is 18.2 Å². The zero-order valence-corrected chi connectivity index (χ0v) is 15.2. The van der Waals surface area contributed by atoms with Gasteiger partial charge in [-0.3, -0.25) is 0 Å². The van der Waals surface area contributed by atoms with Crippen molar-refractivity contribution in [2.45, 2.75) is 12.8 Å². The van der Waals surface area contributed by atoms with Gasteiger partial charge in [0.15, 0.2) is 11.5 Å². The first kappa shape index (κ1) is 18.4. The standard InChI is InChI=1S/C19H23NO3.ClH/c1-20-10-8-13-4-6-15(22-2)12-16(13)18-14(9-11-20)5-7-17(23-3)19(18)21;/h4-7,12,21H,8-11H2,1-3H3;1H. The summed E-state index contributed by atoms with van der Waals surface area (Å²) >= 11 is 0. The highest BCUT2D eigenvalue weighted by Crippen LogP contribution is 2.43. The molecule has 0 aromatic heterocycles. The summed E-state index contributed by atoms with van der Waals surface area (Å²) in [6.07, 6.45) is 1.83. The number of rotatable bonds is 2. The molecule has 0 amide bonds. The Bertz CT molecular complexity index is 718. The van der Waals surface area contributed by atoms with Gasteiger partial charge in [0.05, 0.1) is 14.2 Å². The Morgan fingerprint density at radius 3 is 2.29 bits per heavy atom. The topological polar surface area (TPSA) is 41.9 Å². The highest BCUT2D eigenvalue weighted by molar-refractivity contribution is 5.85. The molecule has 3 rings (SSSR count). The van der Waals surface area contributed by atoms with Gasteiger partial charge >= 0.3 is 0 Å². The zero-order valence-electron chi connectivity index (χ0n) is 14.3. The van der Waals surface area contributed by atoms with Crippen molar-refractivity contribution in [2.75, 3.05) is 34.4 Å². The van der Waals surface area contributed by atoms with E-state index in [1.165, 1.54) is 5.56 Å². The number of benzene rings is 2. The molecule has 0 unspecified atom stereocenters. The summed E-state index contributed by atoms with van der Waals surface area (Å²) in [5, 5.41) is 10.7. The number of hydrogen-bond donors (Lipinski definition) is 1. The van der Waals surface area contributed by atoms with Gasteiger partial charge < -0.3 is 19.5 Å². The molecule has 0 atom stereocenters. The fourth-order valence-electron chi connectivity index (χ4n) is 3.16. The van der Waals surface area contributed by atoms with Crippen molar-refractivity contribution < 1.29 is 14.6 Å². The van der Waals surface area contributed by atoms with E-state index in [-0.39, 0.29) is 18.2 Å². The smallest absolute Gasteiger partial charge is 0.165 e. The SMILES string of the molecule is COc1ccc2c(c1)-c1c(ccc(OC)c1O)CCN(C)CC2.Cl. The number of ether oxygens (including phenoxy) is 2. The Kier molecular flexibility index (Phi) is 5.97. The number of phenols is 1. The van der Waals surface area contributed by atoms with E-state index in [4.69, 9.17) is 9.47 Å². The highest BCUT2D eigenvalue weighted by atomic mass is 35.5. The molecule has 1 heterocycles. The van der Waals surface area contributed by atoms with E-state index >= 15 is 0 Å². The number of methoxy groups -OCH3 is 2. The average molecular weight is 350 g/mol. The molecule has 130 valence electrons. The molecule has 0 spiro atoms. The van der Waals surface area contributed by atoms with Gasteiger partial charge in [-0.2, -0.15) is 0 Å². The quantitative estimate of drug-likeness (QED) is 0.900. The maximum atomic E-state index is 10.7. The van der Waals surface area contributed by atoms with E-state index in [2.05, 4.69) is 24.1 Å². The number of halogens is 1. The molecule has 1 aliphatic heterocycles. The molecule has 4 nitrogen and oxygen atoms in total. The molecular weight excluding hydrogens is 326 g/mol. The van der Waals surface area contributed by atoms with Crippen LogP contribution in [0.1, 0.15) is 11.1 Å². The van der Waals surface area contributed by atoms with E-state index in [1.54, 1.807) is 14.2 Å².